The summed E-state index contributed by atoms with van der Waals surface area (Å²) in [5, 5.41) is 5.64. The Morgan fingerprint density at radius 1 is 0.857 bits per heavy atom. The Hall–Kier alpha value is -2.77. The summed E-state index contributed by atoms with van der Waals surface area (Å²) in [6.45, 7) is 4.02. The van der Waals surface area contributed by atoms with E-state index in [9.17, 15) is 14.0 Å². The van der Waals surface area contributed by atoms with Gasteiger partial charge in [0.05, 0.1) is 13.1 Å². The summed E-state index contributed by atoms with van der Waals surface area (Å²) in [6, 6.07) is 15.7. The average Bonchev–Trinajstić information content (AvgIpc) is 2.69. The van der Waals surface area contributed by atoms with Gasteiger partial charge in [-0.1, -0.05) is 36.4 Å². The molecule has 2 amide bonds. The van der Waals surface area contributed by atoms with Crippen LogP contribution in [-0.4, -0.2) is 60.9 Å². The molecule has 0 bridgehead atoms. The lowest BCUT2D eigenvalue weighted by atomic mass is 10.2. The highest BCUT2D eigenvalue weighted by Crippen LogP contribution is 2.09. The van der Waals surface area contributed by atoms with Gasteiger partial charge >= 0.3 is 0 Å². The quantitative estimate of drug-likeness (QED) is 0.763. The predicted molar refractivity (Wildman–Crippen MR) is 106 cm³/mol. The molecule has 2 N–H and O–H groups in total. The third-order valence-electron chi connectivity index (χ3n) is 4.64. The van der Waals surface area contributed by atoms with Gasteiger partial charge < -0.3 is 10.6 Å². The van der Waals surface area contributed by atoms with E-state index in [1.165, 1.54) is 12.1 Å². The summed E-state index contributed by atoms with van der Waals surface area (Å²) in [4.78, 5) is 28.4. The fraction of sp³-hybridized carbons (Fsp3) is 0.333. The maximum absolute atomic E-state index is 13.2. The van der Waals surface area contributed by atoms with Gasteiger partial charge in [-0.15, -0.1) is 0 Å². The van der Waals surface area contributed by atoms with Crippen LogP contribution in [0.2, 0.25) is 0 Å². The number of anilines is 1. The van der Waals surface area contributed by atoms with Crippen LogP contribution in [0.3, 0.4) is 0 Å². The first kappa shape index (κ1) is 20.0. The molecule has 6 nitrogen and oxygen atoms in total. The molecule has 1 fully saturated rings. The van der Waals surface area contributed by atoms with Crippen molar-refractivity contribution in [2.45, 2.75) is 6.54 Å². The molecule has 0 aromatic heterocycles. The standard InChI is InChI=1S/C21H25FN4O2/c22-18-7-4-8-19(13-18)24-21(28)16-26-11-9-25(10-12-26)15-20(27)23-14-17-5-2-1-3-6-17/h1-8,13H,9-12,14-16H2,(H,23,27)(H,24,28). The second kappa shape index (κ2) is 9.96. The Kier molecular flexibility index (Phi) is 7.11. The van der Waals surface area contributed by atoms with E-state index < -0.39 is 0 Å². The Labute approximate surface area is 164 Å². The zero-order valence-corrected chi connectivity index (χ0v) is 15.7. The first-order chi connectivity index (χ1) is 13.6. The third kappa shape index (κ3) is 6.44. The first-order valence-electron chi connectivity index (χ1n) is 9.39. The number of carbonyl (C=O) groups excluding carboxylic acids is 2. The maximum atomic E-state index is 13.2. The van der Waals surface area contributed by atoms with Crippen LogP contribution in [0, 0.1) is 5.82 Å². The van der Waals surface area contributed by atoms with Crippen molar-refractivity contribution in [2.24, 2.45) is 0 Å². The SMILES string of the molecule is O=C(CN1CCN(CC(=O)Nc2cccc(F)c2)CC1)NCc1ccccc1. The molecule has 0 spiro atoms. The van der Waals surface area contributed by atoms with Crippen LogP contribution in [0.15, 0.2) is 54.6 Å². The highest BCUT2D eigenvalue weighted by molar-refractivity contribution is 5.92. The number of nitrogens with one attached hydrogen (secondary N) is 2. The number of halogens is 1. The van der Waals surface area contributed by atoms with Crippen LogP contribution in [0.4, 0.5) is 10.1 Å². The van der Waals surface area contributed by atoms with Crippen molar-refractivity contribution in [2.75, 3.05) is 44.6 Å². The lowest BCUT2D eigenvalue weighted by molar-refractivity contribution is -0.123. The van der Waals surface area contributed by atoms with Gasteiger partial charge in [-0.05, 0) is 23.8 Å². The van der Waals surface area contributed by atoms with E-state index in [0.717, 1.165) is 18.7 Å². The van der Waals surface area contributed by atoms with Gasteiger partial charge in [0, 0.05) is 38.4 Å². The van der Waals surface area contributed by atoms with Gasteiger partial charge in [0.2, 0.25) is 11.8 Å². The molecule has 1 saturated heterocycles. The second-order valence-electron chi connectivity index (χ2n) is 6.87. The van der Waals surface area contributed by atoms with E-state index in [1.54, 1.807) is 12.1 Å². The Balaban J connectivity index is 1.34. The van der Waals surface area contributed by atoms with Gasteiger partial charge in [-0.25, -0.2) is 4.39 Å². The van der Waals surface area contributed by atoms with Crippen LogP contribution in [-0.2, 0) is 16.1 Å². The molecule has 2 aromatic rings. The lowest BCUT2D eigenvalue weighted by Gasteiger charge is -2.33. The smallest absolute Gasteiger partial charge is 0.238 e. The predicted octanol–water partition coefficient (Wildman–Crippen LogP) is 1.70. The summed E-state index contributed by atoms with van der Waals surface area (Å²) >= 11 is 0. The molecule has 1 aliphatic heterocycles. The molecule has 0 aliphatic carbocycles. The average molecular weight is 384 g/mol. The van der Waals surface area contributed by atoms with Crippen LogP contribution in [0.25, 0.3) is 0 Å². The normalized spacial score (nSPS) is 15.2. The molecule has 0 unspecified atom stereocenters. The van der Waals surface area contributed by atoms with Gasteiger partial charge in [0.1, 0.15) is 5.82 Å². The molecule has 0 radical (unpaired) electrons. The highest BCUT2D eigenvalue weighted by atomic mass is 19.1. The molecule has 1 aliphatic rings. The summed E-state index contributed by atoms with van der Waals surface area (Å²) in [5.74, 6) is -0.544. The van der Waals surface area contributed by atoms with Gasteiger partial charge in [-0.3, -0.25) is 19.4 Å². The van der Waals surface area contributed by atoms with Crippen LogP contribution >= 0.6 is 0 Å². The summed E-state index contributed by atoms with van der Waals surface area (Å²) in [6.07, 6.45) is 0. The molecule has 148 valence electrons. The van der Waals surface area contributed by atoms with Crippen LogP contribution in [0.1, 0.15) is 5.56 Å². The number of nitrogens with zero attached hydrogens (tertiary/aromatic N) is 2. The molecule has 2 aromatic carbocycles. The van der Waals surface area contributed by atoms with Gasteiger partial charge in [0.15, 0.2) is 0 Å². The first-order valence-corrected chi connectivity index (χ1v) is 9.39. The molecular weight excluding hydrogens is 359 g/mol. The number of hydrogen-bond donors (Lipinski definition) is 2. The largest absolute Gasteiger partial charge is 0.351 e. The van der Waals surface area contributed by atoms with E-state index >= 15 is 0 Å². The molecule has 0 saturated carbocycles. The lowest BCUT2D eigenvalue weighted by Crippen LogP contribution is -2.50. The number of amides is 2. The van der Waals surface area contributed by atoms with Crippen molar-refractivity contribution in [3.63, 3.8) is 0 Å². The fourth-order valence-corrected chi connectivity index (χ4v) is 3.13. The summed E-state index contributed by atoms with van der Waals surface area (Å²) < 4.78 is 13.2. The molecule has 28 heavy (non-hydrogen) atoms. The highest BCUT2D eigenvalue weighted by Gasteiger charge is 2.20. The zero-order chi connectivity index (χ0) is 19.8. The minimum Gasteiger partial charge on any atom is -0.351 e. The molecule has 0 atom stereocenters. The summed E-state index contributed by atoms with van der Waals surface area (Å²) in [7, 11) is 0. The Morgan fingerprint density at radius 3 is 2.14 bits per heavy atom. The molecule has 1 heterocycles. The zero-order valence-electron chi connectivity index (χ0n) is 15.7. The van der Waals surface area contributed by atoms with Crippen molar-refractivity contribution in [3.8, 4) is 0 Å². The van der Waals surface area contributed by atoms with Crippen LogP contribution in [0.5, 0.6) is 0 Å². The monoisotopic (exact) mass is 384 g/mol. The van der Waals surface area contributed by atoms with Crippen LogP contribution < -0.4 is 10.6 Å². The second-order valence-corrected chi connectivity index (χ2v) is 6.87. The molecule has 7 heteroatoms. The number of rotatable bonds is 7. The van der Waals surface area contributed by atoms with Crippen molar-refractivity contribution >= 4 is 17.5 Å². The van der Waals surface area contributed by atoms with E-state index in [0.29, 0.717) is 31.9 Å². The number of benzene rings is 2. The van der Waals surface area contributed by atoms with Crippen molar-refractivity contribution in [1.82, 2.24) is 15.1 Å². The Morgan fingerprint density at radius 2 is 1.50 bits per heavy atom. The number of carbonyl (C=O) groups is 2. The van der Waals surface area contributed by atoms with Crippen molar-refractivity contribution in [3.05, 3.63) is 66.0 Å². The Bertz CT molecular complexity index is 792. The van der Waals surface area contributed by atoms with Crippen molar-refractivity contribution in [1.29, 1.82) is 0 Å². The van der Waals surface area contributed by atoms with Gasteiger partial charge in [-0.2, -0.15) is 0 Å². The topological polar surface area (TPSA) is 64.7 Å². The third-order valence-corrected chi connectivity index (χ3v) is 4.64. The van der Waals surface area contributed by atoms with E-state index in [4.69, 9.17) is 0 Å². The van der Waals surface area contributed by atoms with Gasteiger partial charge in [0.25, 0.3) is 0 Å². The number of piperazine rings is 1. The fourth-order valence-electron chi connectivity index (χ4n) is 3.13. The maximum Gasteiger partial charge on any atom is 0.238 e. The number of hydrogen-bond acceptors (Lipinski definition) is 4. The molecule has 3 rings (SSSR count). The van der Waals surface area contributed by atoms with E-state index in [2.05, 4.69) is 15.5 Å². The summed E-state index contributed by atoms with van der Waals surface area (Å²) in [5.41, 5.74) is 1.53. The van der Waals surface area contributed by atoms with E-state index in [1.807, 2.05) is 35.2 Å². The van der Waals surface area contributed by atoms with Crippen molar-refractivity contribution < 1.29 is 14.0 Å². The molecular formula is C21H25FN4O2. The minimum atomic E-state index is -0.378. The minimum absolute atomic E-state index is 0.00107. The van der Waals surface area contributed by atoms with E-state index in [-0.39, 0.29) is 24.2 Å².